The van der Waals surface area contributed by atoms with E-state index in [1.54, 1.807) is 19.1 Å². The Kier molecular flexibility index (Phi) is 7.33. The zero-order valence-electron chi connectivity index (χ0n) is 19.9. The van der Waals surface area contributed by atoms with E-state index < -0.39 is 41.8 Å². The SMILES string of the molecule is Cn1ncc(C(C)(CNC(=O)c2nnn(-c3ccc(F)cc3F)n2)c2cccc(C#N)n2)c1OCC(F)F. The number of hydrogen-bond donors (Lipinski definition) is 1. The highest BCUT2D eigenvalue weighted by Gasteiger charge is 2.37. The summed E-state index contributed by atoms with van der Waals surface area (Å²) in [5, 5.41) is 27.2. The smallest absolute Gasteiger partial charge is 0.292 e. The van der Waals surface area contributed by atoms with E-state index in [4.69, 9.17) is 4.74 Å². The van der Waals surface area contributed by atoms with Gasteiger partial charge in [0.15, 0.2) is 12.4 Å². The van der Waals surface area contributed by atoms with Crippen LogP contribution in [-0.4, -0.2) is 60.5 Å². The number of nitrogens with one attached hydrogen (secondary N) is 1. The molecule has 1 amide bonds. The molecule has 38 heavy (non-hydrogen) atoms. The Morgan fingerprint density at radius 2 is 2.05 bits per heavy atom. The molecule has 0 aliphatic heterocycles. The van der Waals surface area contributed by atoms with E-state index in [0.717, 1.165) is 16.9 Å². The Morgan fingerprint density at radius 3 is 2.76 bits per heavy atom. The lowest BCUT2D eigenvalue weighted by Gasteiger charge is -2.29. The quantitative estimate of drug-likeness (QED) is 0.326. The second-order valence-corrected chi connectivity index (χ2v) is 8.22. The van der Waals surface area contributed by atoms with E-state index in [1.165, 1.54) is 24.0 Å². The lowest BCUT2D eigenvalue weighted by atomic mass is 9.80. The standard InChI is InChI=1S/C23H19F4N9O2/c1-23(18-5-3-4-14(9-28)31-18,15-10-30-35(2)22(15)38-11-19(26)27)12-29-21(37)20-32-34-36(33-20)17-7-6-13(24)8-16(17)25/h3-8,10,19H,11-12H2,1-2H3,(H,29,37). The van der Waals surface area contributed by atoms with Crippen LogP contribution in [0.25, 0.3) is 5.69 Å². The highest BCUT2D eigenvalue weighted by atomic mass is 19.3. The van der Waals surface area contributed by atoms with Gasteiger partial charge >= 0.3 is 0 Å². The molecule has 0 aliphatic carbocycles. The zero-order chi connectivity index (χ0) is 27.4. The molecule has 11 nitrogen and oxygen atoms in total. The van der Waals surface area contributed by atoms with Gasteiger partial charge in [0.25, 0.3) is 18.2 Å². The number of carbonyl (C=O) groups excluding carboxylic acids is 1. The Labute approximate surface area is 212 Å². The lowest BCUT2D eigenvalue weighted by molar-refractivity contribution is 0.0763. The molecule has 3 heterocycles. The van der Waals surface area contributed by atoms with Crippen LogP contribution in [0.1, 0.15) is 34.5 Å². The Morgan fingerprint density at radius 1 is 1.26 bits per heavy atom. The number of aryl methyl sites for hydroxylation is 1. The molecule has 1 unspecified atom stereocenters. The monoisotopic (exact) mass is 529 g/mol. The van der Waals surface area contributed by atoms with Crippen LogP contribution in [0.5, 0.6) is 5.88 Å². The van der Waals surface area contributed by atoms with Crippen LogP contribution in [0.15, 0.2) is 42.6 Å². The maximum absolute atomic E-state index is 14.1. The molecule has 0 spiro atoms. The number of amides is 1. The largest absolute Gasteiger partial charge is 0.472 e. The first-order valence-electron chi connectivity index (χ1n) is 11.0. The summed E-state index contributed by atoms with van der Waals surface area (Å²) in [4.78, 5) is 18.0. The van der Waals surface area contributed by atoms with Crippen molar-refractivity contribution in [3.63, 3.8) is 0 Å². The number of nitrogens with zero attached hydrogens (tertiary/aromatic N) is 8. The molecule has 15 heteroatoms. The molecule has 0 fully saturated rings. The molecule has 4 aromatic rings. The van der Waals surface area contributed by atoms with E-state index >= 15 is 0 Å². The maximum Gasteiger partial charge on any atom is 0.292 e. The van der Waals surface area contributed by atoms with Crippen LogP contribution in [0.4, 0.5) is 17.6 Å². The molecule has 4 rings (SSSR count). The van der Waals surface area contributed by atoms with Gasteiger partial charge in [-0.15, -0.1) is 15.0 Å². The number of carbonyl (C=O) groups is 1. The predicted molar refractivity (Wildman–Crippen MR) is 122 cm³/mol. The highest BCUT2D eigenvalue weighted by molar-refractivity contribution is 5.90. The van der Waals surface area contributed by atoms with Crippen LogP contribution in [0.3, 0.4) is 0 Å². The lowest BCUT2D eigenvalue weighted by Crippen LogP contribution is -2.41. The van der Waals surface area contributed by atoms with Crippen molar-refractivity contribution in [2.45, 2.75) is 18.8 Å². The molecule has 196 valence electrons. The molecule has 1 aromatic carbocycles. The second-order valence-electron chi connectivity index (χ2n) is 8.22. The minimum Gasteiger partial charge on any atom is -0.472 e. The van der Waals surface area contributed by atoms with Crippen molar-refractivity contribution < 1.29 is 27.1 Å². The first-order chi connectivity index (χ1) is 18.1. The molecule has 1 N–H and O–H groups in total. The third-order valence-corrected chi connectivity index (χ3v) is 5.60. The van der Waals surface area contributed by atoms with Crippen molar-refractivity contribution in [2.75, 3.05) is 13.2 Å². The van der Waals surface area contributed by atoms with Gasteiger partial charge in [-0.1, -0.05) is 6.07 Å². The average Bonchev–Trinajstić information content (AvgIpc) is 3.53. The number of aromatic nitrogens is 7. The number of rotatable bonds is 9. The van der Waals surface area contributed by atoms with Gasteiger partial charge < -0.3 is 10.1 Å². The molecule has 0 saturated heterocycles. The topological polar surface area (TPSA) is 136 Å². The first-order valence-corrected chi connectivity index (χ1v) is 11.0. The van der Waals surface area contributed by atoms with Gasteiger partial charge in [-0.05, 0) is 36.4 Å². The fourth-order valence-corrected chi connectivity index (χ4v) is 3.63. The number of ether oxygens (including phenoxy) is 1. The minimum atomic E-state index is -2.75. The van der Waals surface area contributed by atoms with E-state index in [9.17, 15) is 27.6 Å². The molecular formula is C23H19F4N9O2. The van der Waals surface area contributed by atoms with Gasteiger partial charge in [-0.3, -0.25) is 4.79 Å². The van der Waals surface area contributed by atoms with Crippen molar-refractivity contribution in [1.29, 1.82) is 5.26 Å². The maximum atomic E-state index is 14.1. The fourth-order valence-electron chi connectivity index (χ4n) is 3.63. The van der Waals surface area contributed by atoms with Crippen LogP contribution < -0.4 is 10.1 Å². The predicted octanol–water partition coefficient (Wildman–Crippen LogP) is 2.32. The van der Waals surface area contributed by atoms with Gasteiger partial charge in [0.05, 0.1) is 17.3 Å². The average molecular weight is 529 g/mol. The van der Waals surface area contributed by atoms with Gasteiger partial charge in [-0.2, -0.15) is 10.4 Å². The number of benzene rings is 1. The zero-order valence-corrected chi connectivity index (χ0v) is 19.9. The summed E-state index contributed by atoms with van der Waals surface area (Å²) < 4.78 is 59.6. The number of alkyl halides is 2. The van der Waals surface area contributed by atoms with E-state index in [0.29, 0.717) is 17.3 Å². The molecule has 1 atom stereocenters. The van der Waals surface area contributed by atoms with Crippen molar-refractivity contribution in [3.05, 3.63) is 77.0 Å². The van der Waals surface area contributed by atoms with Gasteiger partial charge in [0, 0.05) is 25.2 Å². The van der Waals surface area contributed by atoms with Crippen LogP contribution >= 0.6 is 0 Å². The van der Waals surface area contributed by atoms with Crippen molar-refractivity contribution >= 4 is 5.91 Å². The van der Waals surface area contributed by atoms with Gasteiger partial charge in [0.2, 0.25) is 5.88 Å². The molecule has 3 aromatic heterocycles. The van der Waals surface area contributed by atoms with Crippen LogP contribution in [0.2, 0.25) is 0 Å². The number of hydrogen-bond acceptors (Lipinski definition) is 8. The van der Waals surface area contributed by atoms with Crippen molar-refractivity contribution in [1.82, 2.24) is 40.3 Å². The van der Waals surface area contributed by atoms with Crippen LogP contribution in [-0.2, 0) is 12.5 Å². The number of tetrazole rings is 1. The summed E-state index contributed by atoms with van der Waals surface area (Å²) in [6, 6.07) is 9.32. The molecular weight excluding hydrogens is 510 g/mol. The summed E-state index contributed by atoms with van der Waals surface area (Å²) in [5.41, 5.74) is -0.737. The highest BCUT2D eigenvalue weighted by Crippen LogP contribution is 2.36. The number of nitriles is 1. The summed E-state index contributed by atoms with van der Waals surface area (Å²) >= 11 is 0. The first kappa shape index (κ1) is 26.2. The van der Waals surface area contributed by atoms with Crippen molar-refractivity contribution in [3.8, 4) is 17.6 Å². The second kappa shape index (κ2) is 10.6. The van der Waals surface area contributed by atoms with Gasteiger partial charge in [-0.25, -0.2) is 27.2 Å². The molecule has 0 saturated carbocycles. The van der Waals surface area contributed by atoms with E-state index in [-0.39, 0.29) is 23.8 Å². The summed E-state index contributed by atoms with van der Waals surface area (Å²) in [7, 11) is 1.50. The number of halogens is 4. The van der Waals surface area contributed by atoms with Gasteiger partial charge in [0.1, 0.15) is 23.3 Å². The fraction of sp³-hybridized carbons (Fsp3) is 0.261. The summed E-state index contributed by atoms with van der Waals surface area (Å²) in [6.45, 7) is 0.568. The third kappa shape index (κ3) is 5.28. The third-order valence-electron chi connectivity index (χ3n) is 5.60. The summed E-state index contributed by atoms with van der Waals surface area (Å²) in [6.07, 6.45) is -1.36. The van der Waals surface area contributed by atoms with E-state index in [1.807, 2.05) is 6.07 Å². The Balaban J connectivity index is 1.65. The van der Waals surface area contributed by atoms with Crippen molar-refractivity contribution in [2.24, 2.45) is 7.05 Å². The minimum absolute atomic E-state index is 0.0158. The number of pyridine rings is 1. The molecule has 0 radical (unpaired) electrons. The normalized spacial score (nSPS) is 12.7. The summed E-state index contributed by atoms with van der Waals surface area (Å²) in [5.74, 6) is -2.97. The van der Waals surface area contributed by atoms with Crippen LogP contribution in [0, 0.1) is 23.0 Å². The molecule has 0 aliphatic rings. The Bertz CT molecular complexity index is 1510. The Hall–Kier alpha value is -4.87. The molecule has 0 bridgehead atoms. The van der Waals surface area contributed by atoms with E-state index in [2.05, 4.69) is 30.8 Å².